The molecule has 0 atom stereocenters. The standard InChI is InChI=1S/C16H11ClF4N2O2S/c17-9-5-8(1-2-10(9)18)26-7-14(25)22-6-13(24)23-12-4-3-11(19)15(20)16(12)21/h1-5H,6-7H2,(H,22,25)(H,23,24). The summed E-state index contributed by atoms with van der Waals surface area (Å²) in [6.45, 7) is -0.498. The van der Waals surface area contributed by atoms with Crippen molar-refractivity contribution in [1.29, 1.82) is 0 Å². The first-order valence-corrected chi connectivity index (χ1v) is 8.42. The van der Waals surface area contributed by atoms with Crippen molar-refractivity contribution >= 4 is 40.9 Å². The molecule has 2 rings (SSSR count). The van der Waals surface area contributed by atoms with Gasteiger partial charge >= 0.3 is 0 Å². The van der Waals surface area contributed by atoms with Crippen LogP contribution in [0.4, 0.5) is 23.2 Å². The Hall–Kier alpha value is -2.26. The van der Waals surface area contributed by atoms with Crippen LogP contribution in [-0.2, 0) is 9.59 Å². The molecule has 0 aliphatic rings. The molecule has 0 saturated heterocycles. The Morgan fingerprint density at radius 1 is 0.962 bits per heavy atom. The molecule has 2 aromatic carbocycles. The maximum Gasteiger partial charge on any atom is 0.243 e. The summed E-state index contributed by atoms with van der Waals surface area (Å²) in [5.41, 5.74) is -0.543. The molecule has 2 N–H and O–H groups in total. The zero-order valence-electron chi connectivity index (χ0n) is 12.9. The quantitative estimate of drug-likeness (QED) is 0.436. The lowest BCUT2D eigenvalue weighted by Gasteiger charge is -2.08. The fourth-order valence-corrected chi connectivity index (χ4v) is 2.77. The van der Waals surface area contributed by atoms with E-state index in [1.807, 2.05) is 5.32 Å². The van der Waals surface area contributed by atoms with Crippen LogP contribution < -0.4 is 10.6 Å². The fourth-order valence-electron chi connectivity index (χ4n) is 1.76. The maximum atomic E-state index is 13.4. The number of rotatable bonds is 6. The Labute approximate surface area is 154 Å². The number of hydrogen-bond donors (Lipinski definition) is 2. The predicted octanol–water partition coefficient (Wildman–Crippen LogP) is 3.74. The van der Waals surface area contributed by atoms with Crippen molar-refractivity contribution in [2.24, 2.45) is 0 Å². The summed E-state index contributed by atoms with van der Waals surface area (Å²) in [7, 11) is 0. The van der Waals surface area contributed by atoms with Gasteiger partial charge in [0.2, 0.25) is 11.8 Å². The Morgan fingerprint density at radius 3 is 2.35 bits per heavy atom. The van der Waals surface area contributed by atoms with Crippen molar-refractivity contribution < 1.29 is 27.2 Å². The van der Waals surface area contributed by atoms with Crippen molar-refractivity contribution in [1.82, 2.24) is 5.32 Å². The highest BCUT2D eigenvalue weighted by Crippen LogP contribution is 2.24. The summed E-state index contributed by atoms with van der Waals surface area (Å²) in [4.78, 5) is 23.9. The molecule has 0 heterocycles. The lowest BCUT2D eigenvalue weighted by atomic mass is 10.2. The van der Waals surface area contributed by atoms with Crippen LogP contribution >= 0.6 is 23.4 Å². The van der Waals surface area contributed by atoms with Gasteiger partial charge in [0.1, 0.15) is 5.82 Å². The van der Waals surface area contributed by atoms with E-state index in [0.717, 1.165) is 23.9 Å². The second kappa shape index (κ2) is 8.91. The zero-order chi connectivity index (χ0) is 19.3. The van der Waals surface area contributed by atoms with Crippen molar-refractivity contribution in [3.8, 4) is 0 Å². The summed E-state index contributed by atoms with van der Waals surface area (Å²) in [6, 6.07) is 5.48. The van der Waals surface area contributed by atoms with E-state index in [-0.39, 0.29) is 10.8 Å². The molecule has 0 bridgehead atoms. The third-order valence-electron chi connectivity index (χ3n) is 3.02. The van der Waals surface area contributed by atoms with Gasteiger partial charge in [0, 0.05) is 4.90 Å². The highest BCUT2D eigenvalue weighted by Gasteiger charge is 2.15. The van der Waals surface area contributed by atoms with E-state index in [0.29, 0.717) is 11.0 Å². The van der Waals surface area contributed by atoms with E-state index in [2.05, 4.69) is 5.32 Å². The number of carbonyl (C=O) groups is 2. The average Bonchev–Trinajstić information content (AvgIpc) is 2.61. The molecule has 0 spiro atoms. The first kappa shape index (κ1) is 20.1. The van der Waals surface area contributed by atoms with E-state index in [1.54, 1.807) is 0 Å². The lowest BCUT2D eigenvalue weighted by molar-refractivity contribution is -0.122. The van der Waals surface area contributed by atoms with Crippen LogP contribution in [0.25, 0.3) is 0 Å². The molecule has 138 valence electrons. The van der Waals surface area contributed by atoms with Gasteiger partial charge in [0.05, 0.1) is 23.0 Å². The maximum absolute atomic E-state index is 13.4. The van der Waals surface area contributed by atoms with Crippen LogP contribution in [0.15, 0.2) is 35.2 Å². The number of amides is 2. The molecule has 26 heavy (non-hydrogen) atoms. The fraction of sp³-hybridized carbons (Fsp3) is 0.125. The molecule has 10 heteroatoms. The van der Waals surface area contributed by atoms with Gasteiger partial charge < -0.3 is 10.6 Å². The number of thioether (sulfide) groups is 1. The first-order valence-electron chi connectivity index (χ1n) is 7.06. The first-order chi connectivity index (χ1) is 12.3. The number of hydrogen-bond acceptors (Lipinski definition) is 3. The summed E-state index contributed by atoms with van der Waals surface area (Å²) in [6.07, 6.45) is 0. The second-order valence-electron chi connectivity index (χ2n) is 4.91. The molecule has 0 aliphatic heterocycles. The van der Waals surface area contributed by atoms with Crippen LogP contribution in [0.1, 0.15) is 0 Å². The van der Waals surface area contributed by atoms with Gasteiger partial charge in [0.15, 0.2) is 17.5 Å². The minimum absolute atomic E-state index is 0.0746. The molecule has 0 unspecified atom stereocenters. The normalized spacial score (nSPS) is 10.5. The molecule has 0 radical (unpaired) electrons. The largest absolute Gasteiger partial charge is 0.346 e. The molecule has 2 aromatic rings. The van der Waals surface area contributed by atoms with Crippen LogP contribution in [0.5, 0.6) is 0 Å². The number of nitrogens with one attached hydrogen (secondary N) is 2. The van der Waals surface area contributed by atoms with Gasteiger partial charge in [-0.05, 0) is 30.3 Å². The van der Waals surface area contributed by atoms with Crippen LogP contribution in [0, 0.1) is 23.3 Å². The van der Waals surface area contributed by atoms with E-state index in [9.17, 15) is 27.2 Å². The topological polar surface area (TPSA) is 58.2 Å². The summed E-state index contributed by atoms with van der Waals surface area (Å²) >= 11 is 6.69. The molecule has 4 nitrogen and oxygen atoms in total. The van der Waals surface area contributed by atoms with Crippen molar-refractivity contribution in [3.63, 3.8) is 0 Å². The molecule has 2 amide bonds. The second-order valence-corrected chi connectivity index (χ2v) is 6.37. The number of carbonyl (C=O) groups excluding carboxylic acids is 2. The SMILES string of the molecule is O=C(CSc1ccc(F)c(Cl)c1)NCC(=O)Nc1ccc(F)c(F)c1F. The highest BCUT2D eigenvalue weighted by molar-refractivity contribution is 8.00. The van der Waals surface area contributed by atoms with Gasteiger partial charge in [-0.25, -0.2) is 17.6 Å². The predicted molar refractivity (Wildman–Crippen MR) is 90.1 cm³/mol. The number of anilines is 1. The van der Waals surface area contributed by atoms with E-state index in [4.69, 9.17) is 11.6 Å². The number of halogens is 5. The highest BCUT2D eigenvalue weighted by atomic mass is 35.5. The molecule has 0 aliphatic carbocycles. The Balaban J connectivity index is 1.80. The Bertz CT molecular complexity index is 851. The summed E-state index contributed by atoms with van der Waals surface area (Å²) in [5.74, 6) is -6.62. The summed E-state index contributed by atoms with van der Waals surface area (Å²) < 4.78 is 52.3. The van der Waals surface area contributed by atoms with Gasteiger partial charge in [0.25, 0.3) is 0 Å². The molecular weight excluding hydrogens is 396 g/mol. The smallest absolute Gasteiger partial charge is 0.243 e. The number of benzene rings is 2. The van der Waals surface area contributed by atoms with Gasteiger partial charge in [-0.15, -0.1) is 11.8 Å². The van der Waals surface area contributed by atoms with Gasteiger partial charge in [-0.3, -0.25) is 9.59 Å². The van der Waals surface area contributed by atoms with Crippen LogP contribution in [0.3, 0.4) is 0 Å². The Kier molecular flexibility index (Phi) is 6.87. The lowest BCUT2D eigenvalue weighted by Crippen LogP contribution is -2.34. The van der Waals surface area contributed by atoms with Gasteiger partial charge in [-0.2, -0.15) is 0 Å². The zero-order valence-corrected chi connectivity index (χ0v) is 14.5. The third kappa shape index (κ3) is 5.37. The van der Waals surface area contributed by atoms with Crippen molar-refractivity contribution in [2.75, 3.05) is 17.6 Å². The minimum Gasteiger partial charge on any atom is -0.346 e. The Morgan fingerprint density at radius 2 is 1.65 bits per heavy atom. The summed E-state index contributed by atoms with van der Waals surface area (Å²) in [5, 5.41) is 4.21. The monoisotopic (exact) mass is 406 g/mol. The average molecular weight is 407 g/mol. The van der Waals surface area contributed by atoms with Gasteiger partial charge in [-0.1, -0.05) is 11.6 Å². The molecular formula is C16H11ClF4N2O2S. The molecule has 0 saturated carbocycles. The van der Waals surface area contributed by atoms with E-state index >= 15 is 0 Å². The van der Waals surface area contributed by atoms with E-state index < -0.39 is 47.3 Å². The minimum atomic E-state index is -1.71. The van der Waals surface area contributed by atoms with E-state index in [1.165, 1.54) is 12.1 Å². The van der Waals surface area contributed by atoms with Crippen molar-refractivity contribution in [3.05, 3.63) is 58.6 Å². The van der Waals surface area contributed by atoms with Crippen molar-refractivity contribution in [2.45, 2.75) is 4.90 Å². The third-order valence-corrected chi connectivity index (χ3v) is 4.30. The van der Waals surface area contributed by atoms with Crippen LogP contribution in [-0.4, -0.2) is 24.1 Å². The molecule has 0 fully saturated rings. The molecule has 0 aromatic heterocycles. The van der Waals surface area contributed by atoms with Crippen LogP contribution in [0.2, 0.25) is 5.02 Å².